The molecule has 3 aromatic heterocycles. The van der Waals surface area contributed by atoms with Crippen molar-refractivity contribution in [1.29, 1.82) is 0 Å². The third-order valence-corrected chi connectivity index (χ3v) is 5.47. The number of piperidine rings is 1. The quantitative estimate of drug-likeness (QED) is 0.473. The molecule has 150 valence electrons. The lowest BCUT2D eigenvalue weighted by Gasteiger charge is -2.33. The molecule has 1 fully saturated rings. The van der Waals surface area contributed by atoms with Crippen molar-refractivity contribution in [3.8, 4) is 0 Å². The summed E-state index contributed by atoms with van der Waals surface area (Å²) < 4.78 is 2.78. The monoisotopic (exact) mass is 414 g/mol. The number of hydrogen-bond donors (Lipinski definition) is 0. The number of nitrogens with zero attached hydrogens (tertiary/aromatic N) is 6. The maximum atomic E-state index is 12.7. The lowest BCUT2D eigenvalue weighted by molar-refractivity contribution is 0.101. The highest BCUT2D eigenvalue weighted by molar-refractivity contribution is 6.31. The molecule has 0 N–H and O–H groups in total. The van der Waals surface area contributed by atoms with E-state index in [1.54, 1.807) is 13.1 Å². The average molecular weight is 415 g/mol. The summed E-state index contributed by atoms with van der Waals surface area (Å²) in [4.78, 5) is 51.4. The zero-order valence-electron chi connectivity index (χ0n) is 16.0. The Morgan fingerprint density at radius 2 is 1.72 bits per heavy atom. The SMILES string of the molecule is CC(=O)c1cnc(N2CCC(n3c(=O)c(=O)n(C)c4cc(Cl)cnc43)CC2)nc1. The van der Waals surface area contributed by atoms with Gasteiger partial charge in [-0.05, 0) is 25.8 Å². The number of carbonyl (C=O) groups is 1. The van der Waals surface area contributed by atoms with Crippen LogP contribution in [0.15, 0.2) is 34.2 Å². The van der Waals surface area contributed by atoms with Gasteiger partial charge in [-0.25, -0.2) is 15.0 Å². The summed E-state index contributed by atoms with van der Waals surface area (Å²) in [7, 11) is 1.54. The second-order valence-corrected chi connectivity index (χ2v) is 7.52. The van der Waals surface area contributed by atoms with Gasteiger partial charge in [0.1, 0.15) is 0 Å². The first-order valence-electron chi connectivity index (χ1n) is 9.21. The topological polar surface area (TPSA) is 103 Å². The van der Waals surface area contributed by atoms with Crippen LogP contribution in [0.2, 0.25) is 5.02 Å². The summed E-state index contributed by atoms with van der Waals surface area (Å²) in [6.45, 7) is 2.69. The minimum absolute atomic E-state index is 0.0835. The predicted octanol–water partition coefficient (Wildman–Crippen LogP) is 1.58. The van der Waals surface area contributed by atoms with E-state index < -0.39 is 11.1 Å². The van der Waals surface area contributed by atoms with Gasteiger partial charge in [-0.1, -0.05) is 11.6 Å². The zero-order valence-corrected chi connectivity index (χ0v) is 16.8. The molecule has 0 spiro atoms. The van der Waals surface area contributed by atoms with Gasteiger partial charge in [0.25, 0.3) is 0 Å². The van der Waals surface area contributed by atoms with Gasteiger partial charge in [0.15, 0.2) is 11.4 Å². The third-order valence-electron chi connectivity index (χ3n) is 5.27. The first-order valence-corrected chi connectivity index (χ1v) is 9.59. The largest absolute Gasteiger partial charge is 0.341 e. The predicted molar refractivity (Wildman–Crippen MR) is 109 cm³/mol. The van der Waals surface area contributed by atoms with Crippen LogP contribution >= 0.6 is 11.6 Å². The van der Waals surface area contributed by atoms with Gasteiger partial charge in [0.2, 0.25) is 5.95 Å². The Morgan fingerprint density at radius 3 is 2.34 bits per heavy atom. The van der Waals surface area contributed by atoms with Gasteiger partial charge >= 0.3 is 11.1 Å². The van der Waals surface area contributed by atoms with E-state index in [-0.39, 0.29) is 11.8 Å². The maximum Gasteiger partial charge on any atom is 0.318 e. The molecule has 0 atom stereocenters. The number of Topliss-reactive ketones (excluding diaryl/α,β-unsaturated/α-hetero) is 1. The molecular weight excluding hydrogens is 396 g/mol. The standard InChI is InChI=1S/C19H19ClN6O3/c1-11(27)12-8-22-19(23-9-12)25-5-3-14(4-6-25)26-16-15(7-13(20)10-21-16)24(2)17(28)18(26)29/h7-10,14H,3-6H2,1-2H3. The van der Waals surface area contributed by atoms with E-state index in [9.17, 15) is 14.4 Å². The summed E-state index contributed by atoms with van der Waals surface area (Å²) >= 11 is 6.03. The highest BCUT2D eigenvalue weighted by Crippen LogP contribution is 2.26. The third kappa shape index (κ3) is 3.42. The van der Waals surface area contributed by atoms with E-state index >= 15 is 0 Å². The van der Waals surface area contributed by atoms with Crippen LogP contribution in [0.5, 0.6) is 0 Å². The van der Waals surface area contributed by atoms with E-state index in [1.165, 1.54) is 34.6 Å². The van der Waals surface area contributed by atoms with Crippen LogP contribution in [0.1, 0.15) is 36.2 Å². The molecular formula is C19H19ClN6O3. The number of hydrogen-bond acceptors (Lipinski definition) is 7. The number of pyridine rings is 1. The van der Waals surface area contributed by atoms with Gasteiger partial charge < -0.3 is 9.47 Å². The Hall–Kier alpha value is -3.07. The fourth-order valence-electron chi connectivity index (χ4n) is 3.64. The Morgan fingerprint density at radius 1 is 1.07 bits per heavy atom. The number of aryl methyl sites for hydroxylation is 1. The summed E-state index contributed by atoms with van der Waals surface area (Å²) in [5.41, 5.74) is 0.240. The average Bonchev–Trinajstić information content (AvgIpc) is 2.73. The van der Waals surface area contributed by atoms with E-state index in [1.807, 2.05) is 4.90 Å². The molecule has 29 heavy (non-hydrogen) atoms. The van der Waals surface area contributed by atoms with Crippen molar-refractivity contribution in [3.05, 3.63) is 56.0 Å². The molecule has 0 aliphatic carbocycles. The van der Waals surface area contributed by atoms with Gasteiger partial charge in [-0.15, -0.1) is 0 Å². The van der Waals surface area contributed by atoms with Crippen molar-refractivity contribution in [3.63, 3.8) is 0 Å². The Kier molecular flexibility index (Phi) is 4.91. The molecule has 0 amide bonds. The summed E-state index contributed by atoms with van der Waals surface area (Å²) in [5.74, 6) is 0.458. The van der Waals surface area contributed by atoms with Gasteiger partial charge in [-0.3, -0.25) is 19.0 Å². The van der Waals surface area contributed by atoms with Crippen molar-refractivity contribution in [2.24, 2.45) is 7.05 Å². The molecule has 4 rings (SSSR count). The van der Waals surface area contributed by atoms with Crippen LogP contribution in [-0.4, -0.2) is 43.0 Å². The Balaban J connectivity index is 1.63. The first-order chi connectivity index (χ1) is 13.9. The van der Waals surface area contributed by atoms with E-state index in [0.29, 0.717) is 53.6 Å². The first kappa shape index (κ1) is 19.3. The summed E-state index contributed by atoms with van der Waals surface area (Å²) in [6.07, 6.45) is 5.77. The second kappa shape index (κ2) is 7.40. The molecule has 0 unspecified atom stereocenters. The number of fused-ring (bicyclic) bond motifs is 1. The van der Waals surface area contributed by atoms with Crippen molar-refractivity contribution >= 4 is 34.5 Å². The van der Waals surface area contributed by atoms with Crippen molar-refractivity contribution < 1.29 is 4.79 Å². The van der Waals surface area contributed by atoms with Gasteiger partial charge in [0.05, 0.1) is 16.1 Å². The van der Waals surface area contributed by atoms with Crippen LogP contribution in [0, 0.1) is 0 Å². The molecule has 1 aliphatic heterocycles. The second-order valence-electron chi connectivity index (χ2n) is 7.08. The summed E-state index contributed by atoms with van der Waals surface area (Å²) in [6, 6.07) is 1.47. The van der Waals surface area contributed by atoms with Crippen LogP contribution in [0.4, 0.5) is 5.95 Å². The van der Waals surface area contributed by atoms with Crippen molar-refractivity contribution in [2.75, 3.05) is 18.0 Å². The highest BCUT2D eigenvalue weighted by atomic mass is 35.5. The van der Waals surface area contributed by atoms with E-state index in [2.05, 4.69) is 15.0 Å². The van der Waals surface area contributed by atoms with Crippen LogP contribution in [0.3, 0.4) is 0 Å². The van der Waals surface area contributed by atoms with E-state index in [4.69, 9.17) is 11.6 Å². The lowest BCUT2D eigenvalue weighted by Crippen LogP contribution is -2.45. The van der Waals surface area contributed by atoms with Gasteiger partial charge in [-0.2, -0.15) is 0 Å². The highest BCUT2D eigenvalue weighted by Gasteiger charge is 2.26. The summed E-state index contributed by atoms with van der Waals surface area (Å²) in [5, 5.41) is 0.402. The van der Waals surface area contributed by atoms with Gasteiger partial charge in [0, 0.05) is 44.8 Å². The van der Waals surface area contributed by atoms with Crippen molar-refractivity contribution in [1.82, 2.24) is 24.1 Å². The molecule has 0 bridgehead atoms. The Labute approximate surface area is 170 Å². The number of carbonyl (C=O) groups excluding carboxylic acids is 1. The van der Waals surface area contributed by atoms with Crippen LogP contribution in [-0.2, 0) is 7.05 Å². The maximum absolute atomic E-state index is 12.7. The molecule has 1 saturated heterocycles. The Bertz CT molecular complexity index is 1210. The number of ketones is 1. The molecule has 0 saturated carbocycles. The molecule has 10 heteroatoms. The molecule has 4 heterocycles. The fraction of sp³-hybridized carbons (Fsp3) is 0.368. The minimum Gasteiger partial charge on any atom is -0.341 e. The molecule has 0 radical (unpaired) electrons. The van der Waals surface area contributed by atoms with E-state index in [0.717, 1.165) is 0 Å². The van der Waals surface area contributed by atoms with Crippen molar-refractivity contribution in [2.45, 2.75) is 25.8 Å². The van der Waals surface area contributed by atoms with Crippen LogP contribution in [0.25, 0.3) is 11.2 Å². The number of anilines is 1. The zero-order chi connectivity index (χ0) is 20.7. The smallest absolute Gasteiger partial charge is 0.318 e. The normalized spacial score (nSPS) is 15.1. The molecule has 0 aromatic carbocycles. The number of halogens is 1. The number of aromatic nitrogens is 5. The van der Waals surface area contributed by atoms with Crippen LogP contribution < -0.4 is 16.0 Å². The molecule has 1 aliphatic rings. The molecule has 9 nitrogen and oxygen atoms in total. The molecule has 3 aromatic rings. The minimum atomic E-state index is -0.604. The lowest BCUT2D eigenvalue weighted by atomic mass is 10.0. The number of rotatable bonds is 3. The fourth-order valence-corrected chi connectivity index (χ4v) is 3.79.